The van der Waals surface area contributed by atoms with Gasteiger partial charge in [0.2, 0.25) is 0 Å². The fourth-order valence-corrected chi connectivity index (χ4v) is 1.04. The number of aromatic nitrogens is 1. The molecule has 1 N–H and O–H groups in total. The molecule has 0 aliphatic heterocycles. The van der Waals surface area contributed by atoms with E-state index in [4.69, 9.17) is 16.9 Å². The monoisotopic (exact) mass is 213 g/mol. The molecule has 1 unspecified atom stereocenters. The predicted octanol–water partition coefficient (Wildman–Crippen LogP) is 2.38. The van der Waals surface area contributed by atoms with Gasteiger partial charge in [-0.2, -0.15) is 5.26 Å². The van der Waals surface area contributed by atoms with Crippen molar-refractivity contribution in [2.45, 2.75) is 13.0 Å². The standard InChI is InChI=1S/C9H9ClFN3/c1-6(4-11)13-9-3-2-7(10)8(5-12)14-9/h2-3,6H,4H2,1H3,(H,13,14). The van der Waals surface area contributed by atoms with Crippen LogP contribution in [0.25, 0.3) is 0 Å². The topological polar surface area (TPSA) is 48.7 Å². The van der Waals surface area contributed by atoms with E-state index in [1.54, 1.807) is 19.1 Å². The van der Waals surface area contributed by atoms with Crippen LogP contribution in [0.1, 0.15) is 12.6 Å². The lowest BCUT2D eigenvalue weighted by Gasteiger charge is -2.10. The van der Waals surface area contributed by atoms with Gasteiger partial charge < -0.3 is 5.32 Å². The summed E-state index contributed by atoms with van der Waals surface area (Å²) < 4.78 is 12.2. The first-order chi connectivity index (χ1) is 6.67. The molecule has 0 spiro atoms. The first-order valence-electron chi connectivity index (χ1n) is 4.06. The van der Waals surface area contributed by atoms with Gasteiger partial charge in [0.05, 0.1) is 11.1 Å². The summed E-state index contributed by atoms with van der Waals surface area (Å²) >= 11 is 5.68. The van der Waals surface area contributed by atoms with Gasteiger partial charge in [0.25, 0.3) is 0 Å². The van der Waals surface area contributed by atoms with Gasteiger partial charge in [-0.25, -0.2) is 9.37 Å². The highest BCUT2D eigenvalue weighted by Crippen LogP contribution is 2.16. The Labute approximate surface area is 86.5 Å². The second-order valence-corrected chi connectivity index (χ2v) is 3.25. The lowest BCUT2D eigenvalue weighted by Crippen LogP contribution is -2.18. The molecule has 5 heteroatoms. The summed E-state index contributed by atoms with van der Waals surface area (Å²) in [5.74, 6) is 0.455. The first kappa shape index (κ1) is 10.7. The summed E-state index contributed by atoms with van der Waals surface area (Å²) in [5.41, 5.74) is 0.141. The first-order valence-corrected chi connectivity index (χ1v) is 4.44. The Morgan fingerprint density at radius 2 is 2.43 bits per heavy atom. The number of rotatable bonds is 3. The fourth-order valence-electron chi connectivity index (χ4n) is 0.892. The van der Waals surface area contributed by atoms with Crippen LogP contribution < -0.4 is 5.32 Å². The highest BCUT2D eigenvalue weighted by Gasteiger charge is 2.05. The van der Waals surface area contributed by atoms with E-state index >= 15 is 0 Å². The Morgan fingerprint density at radius 1 is 1.71 bits per heavy atom. The van der Waals surface area contributed by atoms with Crippen molar-refractivity contribution in [2.75, 3.05) is 12.0 Å². The molecule has 0 bridgehead atoms. The molecule has 1 rings (SSSR count). The van der Waals surface area contributed by atoms with Crippen LogP contribution in [-0.4, -0.2) is 17.7 Å². The molecule has 0 saturated heterocycles. The number of hydrogen-bond donors (Lipinski definition) is 1. The summed E-state index contributed by atoms with van der Waals surface area (Å²) in [7, 11) is 0. The molecule has 0 amide bonds. The van der Waals surface area contributed by atoms with Gasteiger partial charge in [-0.3, -0.25) is 0 Å². The van der Waals surface area contributed by atoms with Crippen molar-refractivity contribution in [3.8, 4) is 6.07 Å². The van der Waals surface area contributed by atoms with E-state index in [9.17, 15) is 4.39 Å². The third-order valence-corrected chi connectivity index (χ3v) is 1.88. The number of nitrogens with zero attached hydrogens (tertiary/aromatic N) is 2. The Balaban J connectivity index is 2.86. The molecule has 74 valence electrons. The zero-order valence-corrected chi connectivity index (χ0v) is 8.35. The van der Waals surface area contributed by atoms with E-state index in [2.05, 4.69) is 10.3 Å². The Hall–Kier alpha value is -1.34. The minimum atomic E-state index is -0.494. The molecular weight excluding hydrogens is 205 g/mol. The average molecular weight is 214 g/mol. The second-order valence-electron chi connectivity index (χ2n) is 2.84. The van der Waals surface area contributed by atoms with Crippen molar-refractivity contribution < 1.29 is 4.39 Å². The maximum Gasteiger partial charge on any atom is 0.161 e. The van der Waals surface area contributed by atoms with Gasteiger partial charge in [0.15, 0.2) is 5.69 Å². The van der Waals surface area contributed by atoms with E-state index in [1.807, 2.05) is 6.07 Å². The van der Waals surface area contributed by atoms with E-state index in [-0.39, 0.29) is 11.7 Å². The summed E-state index contributed by atoms with van der Waals surface area (Å²) in [4.78, 5) is 3.91. The number of halogens is 2. The van der Waals surface area contributed by atoms with Crippen molar-refractivity contribution >= 4 is 17.4 Å². The van der Waals surface area contributed by atoms with E-state index in [0.29, 0.717) is 10.8 Å². The molecule has 1 aromatic rings. The van der Waals surface area contributed by atoms with E-state index in [1.165, 1.54) is 0 Å². The predicted molar refractivity (Wildman–Crippen MR) is 53.0 cm³/mol. The van der Waals surface area contributed by atoms with Gasteiger partial charge in [-0.05, 0) is 19.1 Å². The van der Waals surface area contributed by atoms with Crippen molar-refractivity contribution in [3.63, 3.8) is 0 Å². The number of hydrogen-bond acceptors (Lipinski definition) is 3. The zero-order valence-electron chi connectivity index (χ0n) is 7.59. The Kier molecular flexibility index (Phi) is 3.66. The smallest absolute Gasteiger partial charge is 0.161 e. The minimum Gasteiger partial charge on any atom is -0.365 e. The molecule has 0 aliphatic rings. The molecule has 3 nitrogen and oxygen atoms in total. The maximum absolute atomic E-state index is 12.2. The molecule has 0 aromatic carbocycles. The Morgan fingerprint density at radius 3 is 3.00 bits per heavy atom. The molecule has 1 atom stereocenters. The van der Waals surface area contributed by atoms with Crippen LogP contribution in [-0.2, 0) is 0 Å². The lowest BCUT2D eigenvalue weighted by atomic mass is 10.3. The number of nitrogens with one attached hydrogen (secondary N) is 1. The third kappa shape index (κ3) is 2.57. The number of nitriles is 1. The molecule has 1 heterocycles. The van der Waals surface area contributed by atoms with Crippen molar-refractivity contribution in [3.05, 3.63) is 22.8 Å². The van der Waals surface area contributed by atoms with Gasteiger partial charge in [0.1, 0.15) is 18.6 Å². The van der Waals surface area contributed by atoms with Crippen LogP contribution in [0.3, 0.4) is 0 Å². The van der Waals surface area contributed by atoms with Gasteiger partial charge in [-0.1, -0.05) is 11.6 Å². The van der Waals surface area contributed by atoms with Gasteiger partial charge >= 0.3 is 0 Å². The zero-order chi connectivity index (χ0) is 10.6. The van der Waals surface area contributed by atoms with Gasteiger partial charge in [0, 0.05) is 0 Å². The fraction of sp³-hybridized carbons (Fsp3) is 0.333. The van der Waals surface area contributed by atoms with Crippen LogP contribution in [0, 0.1) is 11.3 Å². The van der Waals surface area contributed by atoms with E-state index < -0.39 is 6.67 Å². The average Bonchev–Trinajstić information content (AvgIpc) is 2.20. The third-order valence-electron chi connectivity index (χ3n) is 1.58. The normalized spacial score (nSPS) is 11.9. The van der Waals surface area contributed by atoms with Crippen molar-refractivity contribution in [1.82, 2.24) is 4.98 Å². The Bertz CT molecular complexity index is 362. The van der Waals surface area contributed by atoms with E-state index in [0.717, 1.165) is 0 Å². The lowest BCUT2D eigenvalue weighted by molar-refractivity contribution is 0.459. The highest BCUT2D eigenvalue weighted by atomic mass is 35.5. The molecule has 0 radical (unpaired) electrons. The van der Waals surface area contributed by atoms with Crippen LogP contribution in [0.2, 0.25) is 5.02 Å². The molecule has 1 aromatic heterocycles. The highest BCUT2D eigenvalue weighted by molar-refractivity contribution is 6.31. The van der Waals surface area contributed by atoms with Gasteiger partial charge in [-0.15, -0.1) is 0 Å². The SMILES string of the molecule is CC(CF)Nc1ccc(Cl)c(C#N)n1. The molecule has 0 fully saturated rings. The largest absolute Gasteiger partial charge is 0.365 e. The molecule has 14 heavy (non-hydrogen) atoms. The van der Waals surface area contributed by atoms with Crippen LogP contribution in [0.15, 0.2) is 12.1 Å². The summed E-state index contributed by atoms with van der Waals surface area (Å²) in [6.45, 7) is 1.19. The summed E-state index contributed by atoms with van der Waals surface area (Å²) in [5, 5.41) is 11.7. The molecular formula is C9H9ClFN3. The molecule has 0 aliphatic carbocycles. The number of anilines is 1. The van der Waals surface area contributed by atoms with Crippen molar-refractivity contribution in [2.24, 2.45) is 0 Å². The second kappa shape index (κ2) is 4.77. The quantitative estimate of drug-likeness (QED) is 0.839. The van der Waals surface area contributed by atoms with Crippen LogP contribution in [0.5, 0.6) is 0 Å². The molecule has 0 saturated carbocycles. The minimum absolute atomic E-state index is 0.141. The van der Waals surface area contributed by atoms with Crippen molar-refractivity contribution in [1.29, 1.82) is 5.26 Å². The van der Waals surface area contributed by atoms with Crippen LogP contribution in [0.4, 0.5) is 10.2 Å². The summed E-state index contributed by atoms with van der Waals surface area (Å²) in [6.07, 6.45) is 0. The number of alkyl halides is 1. The number of pyridine rings is 1. The van der Waals surface area contributed by atoms with Crippen LogP contribution >= 0.6 is 11.6 Å². The maximum atomic E-state index is 12.2. The summed E-state index contributed by atoms with van der Waals surface area (Å²) in [6, 6.07) is 4.69.